The predicted molar refractivity (Wildman–Crippen MR) is 146 cm³/mol. The molecule has 6 nitrogen and oxygen atoms in total. The molecule has 0 fully saturated rings. The van der Waals surface area contributed by atoms with Gasteiger partial charge in [0.2, 0.25) is 10.0 Å². The zero-order chi connectivity index (χ0) is 28.0. The van der Waals surface area contributed by atoms with E-state index >= 15 is 0 Å². The third kappa shape index (κ3) is 8.06. The Kier molecular flexibility index (Phi) is 8.96. The summed E-state index contributed by atoms with van der Waals surface area (Å²) < 4.78 is 66.5. The molecule has 0 bridgehead atoms. The lowest BCUT2D eigenvalue weighted by molar-refractivity contribution is -0.137. The molecule has 1 aromatic heterocycles. The van der Waals surface area contributed by atoms with Crippen molar-refractivity contribution in [3.8, 4) is 0 Å². The lowest BCUT2D eigenvalue weighted by Crippen LogP contribution is -2.22. The molecule has 0 unspecified atom stereocenters. The first kappa shape index (κ1) is 28.6. The van der Waals surface area contributed by atoms with Crippen LogP contribution in [0, 0.1) is 0 Å². The van der Waals surface area contributed by atoms with Gasteiger partial charge in [0.25, 0.3) is 5.91 Å². The fourth-order valence-corrected chi connectivity index (χ4v) is 6.01. The molecule has 4 aromatic rings. The number of carbonyl (C=O) groups excluding carboxylic acids is 1. The molecular weight excluding hydrogens is 571 g/mol. The van der Waals surface area contributed by atoms with Crippen molar-refractivity contribution >= 4 is 44.6 Å². The second kappa shape index (κ2) is 12.2. The number of hydrogen-bond acceptors (Lipinski definition) is 5. The first-order valence-corrected chi connectivity index (χ1v) is 14.3. The molecule has 0 atom stereocenters. The molecule has 3 aromatic carbocycles. The van der Waals surface area contributed by atoms with Crippen LogP contribution in [-0.4, -0.2) is 14.3 Å². The minimum atomic E-state index is -4.38. The molecule has 1 amide bonds. The van der Waals surface area contributed by atoms with Crippen LogP contribution in [0.25, 0.3) is 0 Å². The lowest BCUT2D eigenvalue weighted by atomic mass is 10.1. The molecule has 0 saturated carbocycles. The fourth-order valence-electron chi connectivity index (χ4n) is 3.52. The van der Waals surface area contributed by atoms with Gasteiger partial charge in [-0.25, -0.2) is 13.1 Å². The topological polar surface area (TPSA) is 87.3 Å². The van der Waals surface area contributed by atoms with Crippen LogP contribution in [0.3, 0.4) is 0 Å². The van der Waals surface area contributed by atoms with E-state index in [1.54, 1.807) is 54.6 Å². The Bertz CT molecular complexity index is 1540. The molecule has 39 heavy (non-hydrogen) atoms. The number of halogens is 4. The Hall–Kier alpha value is -3.38. The number of thiophene rings is 1. The summed E-state index contributed by atoms with van der Waals surface area (Å²) in [6.07, 6.45) is -4.38. The number of benzene rings is 3. The standard InChI is InChI=1S/C27H23ClF3N3O3S2/c28-22-10-6-20(7-11-22)26(35)33-17-24-12-13-25(38-24)39(36,37)34-16-19-2-1-3-23(14-19)32-15-18-4-8-21(9-5-18)27(29,30)31/h1-14,32,34H,15-17H2,(H,33,35). The van der Waals surface area contributed by atoms with Crippen molar-refractivity contribution in [2.75, 3.05) is 5.32 Å². The van der Waals surface area contributed by atoms with E-state index in [1.165, 1.54) is 18.2 Å². The predicted octanol–water partition coefficient (Wildman–Crippen LogP) is 6.44. The van der Waals surface area contributed by atoms with Crippen LogP contribution in [0.5, 0.6) is 0 Å². The van der Waals surface area contributed by atoms with Crippen molar-refractivity contribution in [2.45, 2.75) is 30.0 Å². The number of nitrogens with one attached hydrogen (secondary N) is 3. The fraction of sp³-hybridized carbons (Fsp3) is 0.148. The average molecular weight is 594 g/mol. The van der Waals surface area contributed by atoms with Crippen molar-refractivity contribution in [3.63, 3.8) is 0 Å². The van der Waals surface area contributed by atoms with E-state index in [2.05, 4.69) is 15.4 Å². The summed E-state index contributed by atoms with van der Waals surface area (Å²) in [6, 6.07) is 21.5. The van der Waals surface area contributed by atoms with Gasteiger partial charge in [-0.1, -0.05) is 35.9 Å². The van der Waals surface area contributed by atoms with E-state index in [0.29, 0.717) is 38.8 Å². The lowest BCUT2D eigenvalue weighted by Gasteiger charge is -2.11. The summed E-state index contributed by atoms with van der Waals surface area (Å²) >= 11 is 6.89. The summed E-state index contributed by atoms with van der Waals surface area (Å²) in [7, 11) is -3.79. The van der Waals surface area contributed by atoms with Gasteiger partial charge >= 0.3 is 6.18 Å². The average Bonchev–Trinajstić information content (AvgIpc) is 3.40. The quantitative estimate of drug-likeness (QED) is 0.197. The first-order chi connectivity index (χ1) is 18.5. The van der Waals surface area contributed by atoms with Gasteiger partial charge in [-0.2, -0.15) is 13.2 Å². The minimum absolute atomic E-state index is 0.0403. The zero-order valence-electron chi connectivity index (χ0n) is 20.3. The van der Waals surface area contributed by atoms with Gasteiger partial charge in [0, 0.05) is 34.2 Å². The first-order valence-electron chi connectivity index (χ1n) is 11.6. The molecule has 4 rings (SSSR count). The number of rotatable bonds is 10. The second-order valence-electron chi connectivity index (χ2n) is 8.48. The number of alkyl halides is 3. The molecule has 12 heteroatoms. The monoisotopic (exact) mass is 593 g/mol. The number of hydrogen-bond donors (Lipinski definition) is 3. The number of amides is 1. The highest BCUT2D eigenvalue weighted by atomic mass is 35.5. The van der Waals surface area contributed by atoms with Gasteiger partial charge < -0.3 is 10.6 Å². The van der Waals surface area contributed by atoms with Crippen LogP contribution in [0.15, 0.2) is 89.1 Å². The van der Waals surface area contributed by atoms with Gasteiger partial charge in [-0.15, -0.1) is 11.3 Å². The van der Waals surface area contributed by atoms with Gasteiger partial charge in [-0.05, 0) is 71.8 Å². The third-order valence-corrected chi connectivity index (χ3v) is 8.83. The Balaban J connectivity index is 1.29. The Morgan fingerprint density at radius 2 is 1.56 bits per heavy atom. The van der Waals surface area contributed by atoms with Crippen molar-refractivity contribution in [1.29, 1.82) is 0 Å². The maximum atomic E-state index is 12.8. The summed E-state index contributed by atoms with van der Waals surface area (Å²) in [5.41, 5.74) is 1.80. The highest BCUT2D eigenvalue weighted by Gasteiger charge is 2.29. The summed E-state index contributed by atoms with van der Waals surface area (Å²) in [4.78, 5) is 12.9. The molecule has 0 radical (unpaired) electrons. The number of anilines is 1. The Labute approximate surface area is 232 Å². The van der Waals surface area contributed by atoms with Crippen molar-refractivity contribution in [2.24, 2.45) is 0 Å². The largest absolute Gasteiger partial charge is 0.416 e. The summed E-state index contributed by atoms with van der Waals surface area (Å²) in [5, 5.41) is 6.41. The molecule has 0 spiro atoms. The molecule has 1 heterocycles. The number of carbonyl (C=O) groups is 1. The van der Waals surface area contributed by atoms with E-state index < -0.39 is 21.8 Å². The van der Waals surface area contributed by atoms with E-state index in [-0.39, 0.29) is 23.2 Å². The van der Waals surface area contributed by atoms with Crippen LogP contribution in [0.4, 0.5) is 18.9 Å². The van der Waals surface area contributed by atoms with Crippen molar-refractivity contribution < 1.29 is 26.4 Å². The van der Waals surface area contributed by atoms with Gasteiger partial charge in [0.1, 0.15) is 4.21 Å². The second-order valence-corrected chi connectivity index (χ2v) is 12.1. The van der Waals surface area contributed by atoms with E-state index in [0.717, 1.165) is 23.5 Å². The van der Waals surface area contributed by atoms with Crippen LogP contribution in [0.2, 0.25) is 5.02 Å². The Morgan fingerprint density at radius 1 is 0.846 bits per heavy atom. The highest BCUT2D eigenvalue weighted by Crippen LogP contribution is 2.29. The van der Waals surface area contributed by atoms with Gasteiger partial charge in [0.05, 0.1) is 12.1 Å². The molecule has 0 aliphatic carbocycles. The van der Waals surface area contributed by atoms with Crippen molar-refractivity contribution in [1.82, 2.24) is 10.0 Å². The van der Waals surface area contributed by atoms with Crippen LogP contribution in [-0.2, 0) is 35.8 Å². The molecule has 0 saturated heterocycles. The van der Waals surface area contributed by atoms with E-state index in [4.69, 9.17) is 11.6 Å². The maximum Gasteiger partial charge on any atom is 0.416 e. The van der Waals surface area contributed by atoms with Gasteiger partial charge in [-0.3, -0.25) is 4.79 Å². The normalized spacial score (nSPS) is 11.8. The van der Waals surface area contributed by atoms with Crippen LogP contribution < -0.4 is 15.4 Å². The minimum Gasteiger partial charge on any atom is -0.381 e. The number of sulfonamides is 1. The third-order valence-electron chi connectivity index (χ3n) is 5.60. The van der Waals surface area contributed by atoms with E-state index in [1.807, 2.05) is 0 Å². The zero-order valence-corrected chi connectivity index (χ0v) is 22.6. The van der Waals surface area contributed by atoms with Gasteiger partial charge in [0.15, 0.2) is 0 Å². The molecule has 0 aliphatic heterocycles. The molecule has 3 N–H and O–H groups in total. The maximum absolute atomic E-state index is 12.8. The highest BCUT2D eigenvalue weighted by molar-refractivity contribution is 7.91. The Morgan fingerprint density at radius 3 is 2.26 bits per heavy atom. The van der Waals surface area contributed by atoms with Crippen LogP contribution in [0.1, 0.15) is 31.9 Å². The summed E-state index contributed by atoms with van der Waals surface area (Å²) in [5.74, 6) is -0.297. The SMILES string of the molecule is O=C(NCc1ccc(S(=O)(=O)NCc2cccc(NCc3ccc(C(F)(F)F)cc3)c2)s1)c1ccc(Cl)cc1. The smallest absolute Gasteiger partial charge is 0.381 e. The molecule has 0 aliphatic rings. The summed E-state index contributed by atoms with van der Waals surface area (Å²) in [6.45, 7) is 0.521. The van der Waals surface area contributed by atoms with E-state index in [9.17, 15) is 26.4 Å². The molecule has 204 valence electrons. The molecular formula is C27H23ClF3N3O3S2. The van der Waals surface area contributed by atoms with Crippen LogP contribution >= 0.6 is 22.9 Å². The van der Waals surface area contributed by atoms with Crippen molar-refractivity contribution in [3.05, 3.63) is 117 Å².